The van der Waals surface area contributed by atoms with Crippen LogP contribution in [0.2, 0.25) is 0 Å². The first kappa shape index (κ1) is 20.8. The Kier molecular flexibility index (Phi) is 5.52. The lowest BCUT2D eigenvalue weighted by Crippen LogP contribution is -2.50. The molecule has 1 amide bonds. The van der Waals surface area contributed by atoms with E-state index in [4.69, 9.17) is 4.74 Å². The normalized spacial score (nSPS) is 21.5. The number of rotatable bonds is 4. The number of fused-ring (bicyclic) bond motifs is 1. The Hall–Kier alpha value is -3.04. The molecule has 0 bridgehead atoms. The van der Waals surface area contributed by atoms with Gasteiger partial charge in [-0.15, -0.1) is 0 Å². The van der Waals surface area contributed by atoms with Crippen molar-refractivity contribution in [2.45, 2.75) is 24.9 Å². The predicted octanol–water partition coefficient (Wildman–Crippen LogP) is 2.79. The smallest absolute Gasteiger partial charge is 0.258 e. The first-order valence-corrected chi connectivity index (χ1v) is 10.8. The summed E-state index contributed by atoms with van der Waals surface area (Å²) in [4.78, 5) is 16.9. The van der Waals surface area contributed by atoms with E-state index in [1.54, 1.807) is 15.6 Å². The lowest BCUT2D eigenvalue weighted by atomic mass is 10.0. The van der Waals surface area contributed by atoms with Crippen LogP contribution in [0.15, 0.2) is 42.7 Å². The number of aliphatic hydroxyl groups is 1. The molecule has 32 heavy (non-hydrogen) atoms. The van der Waals surface area contributed by atoms with Gasteiger partial charge >= 0.3 is 0 Å². The summed E-state index contributed by atoms with van der Waals surface area (Å²) >= 11 is 0. The number of pyridine rings is 1. The highest BCUT2D eigenvalue weighted by molar-refractivity contribution is 6.01. The van der Waals surface area contributed by atoms with Gasteiger partial charge in [-0.05, 0) is 43.2 Å². The molecule has 2 saturated heterocycles. The van der Waals surface area contributed by atoms with Gasteiger partial charge in [-0.1, -0.05) is 0 Å². The molecule has 0 saturated carbocycles. The van der Waals surface area contributed by atoms with Crippen molar-refractivity contribution in [1.29, 1.82) is 0 Å². The molecule has 168 valence electrons. The molecule has 2 atom stereocenters. The minimum absolute atomic E-state index is 0.176. The highest BCUT2D eigenvalue weighted by atomic mass is 19.1. The van der Waals surface area contributed by atoms with Crippen LogP contribution < -0.4 is 4.90 Å². The van der Waals surface area contributed by atoms with E-state index in [-0.39, 0.29) is 18.6 Å². The molecule has 4 heterocycles. The number of hydrogen-bond acceptors (Lipinski definition) is 5. The number of benzene rings is 1. The van der Waals surface area contributed by atoms with Crippen LogP contribution in [0.25, 0.3) is 5.52 Å². The van der Waals surface area contributed by atoms with Crippen molar-refractivity contribution < 1.29 is 23.4 Å². The third-order valence-electron chi connectivity index (χ3n) is 6.34. The summed E-state index contributed by atoms with van der Waals surface area (Å²) in [6.45, 7) is 1.63. The Balaban J connectivity index is 1.49. The van der Waals surface area contributed by atoms with Crippen LogP contribution in [0.4, 0.5) is 14.5 Å². The quantitative estimate of drug-likeness (QED) is 0.673. The molecule has 7 nitrogen and oxygen atoms in total. The Morgan fingerprint density at radius 1 is 1.22 bits per heavy atom. The van der Waals surface area contributed by atoms with Crippen molar-refractivity contribution in [3.05, 3.63) is 65.5 Å². The molecule has 9 heteroatoms. The fourth-order valence-corrected chi connectivity index (χ4v) is 4.71. The number of anilines is 1. The molecule has 1 unspecified atom stereocenters. The summed E-state index contributed by atoms with van der Waals surface area (Å²) in [5.41, 5.74) is 2.21. The summed E-state index contributed by atoms with van der Waals surface area (Å²) in [6.07, 6.45) is 4.85. The third kappa shape index (κ3) is 3.61. The number of ether oxygens (including phenoxy) is 1. The topological polar surface area (TPSA) is 70.3 Å². The second kappa shape index (κ2) is 8.48. The number of amides is 1. The Labute approximate surface area is 183 Å². The average molecular weight is 442 g/mol. The van der Waals surface area contributed by atoms with Gasteiger partial charge in [0.1, 0.15) is 11.6 Å². The molecule has 2 fully saturated rings. The number of carbonyl (C=O) groups is 1. The van der Waals surface area contributed by atoms with E-state index in [1.807, 2.05) is 17.0 Å². The monoisotopic (exact) mass is 442 g/mol. The summed E-state index contributed by atoms with van der Waals surface area (Å²) in [5, 5.41) is 13.9. The van der Waals surface area contributed by atoms with E-state index in [9.17, 15) is 18.7 Å². The maximum Gasteiger partial charge on any atom is 0.258 e. The van der Waals surface area contributed by atoms with Crippen LogP contribution in [0.5, 0.6) is 0 Å². The predicted molar refractivity (Wildman–Crippen MR) is 114 cm³/mol. The van der Waals surface area contributed by atoms with Gasteiger partial charge in [0.2, 0.25) is 0 Å². The molecule has 2 aliphatic rings. The van der Waals surface area contributed by atoms with E-state index in [1.165, 1.54) is 12.3 Å². The van der Waals surface area contributed by atoms with Crippen LogP contribution in [0.1, 0.15) is 34.8 Å². The number of aromatic nitrogens is 2. The fraction of sp³-hybridized carbons (Fsp3) is 0.391. The summed E-state index contributed by atoms with van der Waals surface area (Å²) in [7, 11) is 0. The highest BCUT2D eigenvalue weighted by Gasteiger charge is 2.31. The van der Waals surface area contributed by atoms with E-state index in [0.29, 0.717) is 49.4 Å². The zero-order valence-electron chi connectivity index (χ0n) is 17.5. The van der Waals surface area contributed by atoms with Crippen LogP contribution in [-0.2, 0) is 4.74 Å². The second-order valence-electron chi connectivity index (χ2n) is 8.20. The molecule has 0 radical (unpaired) electrons. The SMILES string of the molecule is O=C(c1cnn2ccc(N3CCC[C@@H]3c3cc(F)ccc3F)cc12)N1CCOCC1CO. The van der Waals surface area contributed by atoms with Gasteiger partial charge in [0.25, 0.3) is 5.91 Å². The summed E-state index contributed by atoms with van der Waals surface area (Å²) in [6, 6.07) is 6.61. The zero-order chi connectivity index (χ0) is 22.2. The van der Waals surface area contributed by atoms with Crippen molar-refractivity contribution in [1.82, 2.24) is 14.5 Å². The Morgan fingerprint density at radius 2 is 2.09 bits per heavy atom. The second-order valence-corrected chi connectivity index (χ2v) is 8.20. The van der Waals surface area contributed by atoms with E-state index < -0.39 is 17.7 Å². The lowest BCUT2D eigenvalue weighted by molar-refractivity contribution is -0.0183. The largest absolute Gasteiger partial charge is 0.394 e. The lowest BCUT2D eigenvalue weighted by Gasteiger charge is -2.34. The standard InChI is InChI=1S/C23H24F2N4O3/c24-15-3-4-20(25)18(10-15)21-2-1-6-27(21)16-5-7-29-22(11-16)19(12-26-29)23(31)28-8-9-32-14-17(28)13-30/h3-5,7,10-12,17,21,30H,1-2,6,8-9,13-14H2/t17?,21-/m1/s1. The van der Waals surface area contributed by atoms with E-state index in [2.05, 4.69) is 5.10 Å². The molecule has 1 aromatic carbocycles. The molecule has 2 aliphatic heterocycles. The van der Waals surface area contributed by atoms with Gasteiger partial charge in [0, 0.05) is 30.5 Å². The zero-order valence-corrected chi connectivity index (χ0v) is 17.5. The van der Waals surface area contributed by atoms with Gasteiger partial charge in [-0.2, -0.15) is 5.10 Å². The molecular formula is C23H24F2N4O3. The van der Waals surface area contributed by atoms with Crippen molar-refractivity contribution in [2.24, 2.45) is 0 Å². The maximum absolute atomic E-state index is 14.5. The van der Waals surface area contributed by atoms with Crippen LogP contribution in [0, 0.1) is 11.6 Å². The summed E-state index contributed by atoms with van der Waals surface area (Å²) < 4.78 is 35.3. The van der Waals surface area contributed by atoms with Crippen molar-refractivity contribution >= 4 is 17.1 Å². The summed E-state index contributed by atoms with van der Waals surface area (Å²) in [5.74, 6) is -1.10. The Morgan fingerprint density at radius 3 is 2.94 bits per heavy atom. The van der Waals surface area contributed by atoms with Gasteiger partial charge in [-0.25, -0.2) is 13.3 Å². The van der Waals surface area contributed by atoms with Crippen molar-refractivity contribution in [2.75, 3.05) is 37.8 Å². The molecule has 0 spiro atoms. The number of hydrogen-bond donors (Lipinski definition) is 1. The number of nitrogens with zero attached hydrogens (tertiary/aromatic N) is 4. The van der Waals surface area contributed by atoms with Crippen molar-refractivity contribution in [3.8, 4) is 0 Å². The van der Waals surface area contributed by atoms with Crippen LogP contribution >= 0.6 is 0 Å². The average Bonchev–Trinajstić information content (AvgIpc) is 3.47. The maximum atomic E-state index is 14.5. The Bertz CT molecular complexity index is 1150. The number of morpholine rings is 1. The van der Waals surface area contributed by atoms with Crippen LogP contribution in [-0.4, -0.2) is 64.5 Å². The van der Waals surface area contributed by atoms with Crippen LogP contribution in [0.3, 0.4) is 0 Å². The molecule has 3 aromatic rings. The first-order valence-electron chi connectivity index (χ1n) is 10.8. The van der Waals surface area contributed by atoms with Gasteiger partial charge in [-0.3, -0.25) is 4.79 Å². The molecule has 1 N–H and O–H groups in total. The molecule has 0 aliphatic carbocycles. The molecule has 5 rings (SSSR count). The number of aliphatic hydroxyl groups excluding tert-OH is 1. The van der Waals surface area contributed by atoms with Gasteiger partial charge < -0.3 is 19.6 Å². The third-order valence-corrected chi connectivity index (χ3v) is 6.34. The van der Waals surface area contributed by atoms with E-state index in [0.717, 1.165) is 24.2 Å². The van der Waals surface area contributed by atoms with E-state index >= 15 is 0 Å². The number of halogens is 2. The highest BCUT2D eigenvalue weighted by Crippen LogP contribution is 2.38. The fourth-order valence-electron chi connectivity index (χ4n) is 4.71. The first-order chi connectivity index (χ1) is 15.6. The number of carbonyl (C=O) groups excluding carboxylic acids is 1. The molecule has 2 aromatic heterocycles. The molecular weight excluding hydrogens is 418 g/mol. The minimum Gasteiger partial charge on any atom is -0.394 e. The van der Waals surface area contributed by atoms with Gasteiger partial charge in [0.15, 0.2) is 0 Å². The van der Waals surface area contributed by atoms with Gasteiger partial charge in [0.05, 0.1) is 49.2 Å². The minimum atomic E-state index is -0.462. The van der Waals surface area contributed by atoms with Crippen molar-refractivity contribution in [3.63, 3.8) is 0 Å².